The van der Waals surface area contributed by atoms with E-state index in [4.69, 9.17) is 10.5 Å². The standard InChI is InChI=1S/C14H19BrN2O2/c1-19-13-8-10(15)5-6-12(13)14(18)17-7-3-2-4-11(17)9-16/h5-6,8,11H,2-4,7,9,16H2,1H3. The molecule has 1 aromatic carbocycles. The number of carbonyl (C=O) groups excluding carboxylic acids is 1. The molecular weight excluding hydrogens is 308 g/mol. The number of hydrogen-bond acceptors (Lipinski definition) is 3. The van der Waals surface area contributed by atoms with Crippen molar-refractivity contribution in [2.75, 3.05) is 20.2 Å². The Balaban J connectivity index is 2.27. The first-order valence-electron chi connectivity index (χ1n) is 6.52. The number of methoxy groups -OCH3 is 1. The predicted octanol–water partition coefficient (Wildman–Crippen LogP) is 2.41. The Kier molecular flexibility index (Phi) is 4.82. The van der Waals surface area contributed by atoms with Gasteiger partial charge in [0.15, 0.2) is 0 Å². The van der Waals surface area contributed by atoms with Crippen LogP contribution in [0.1, 0.15) is 29.6 Å². The van der Waals surface area contributed by atoms with Crippen LogP contribution in [0.15, 0.2) is 22.7 Å². The Hall–Kier alpha value is -1.07. The lowest BCUT2D eigenvalue weighted by Gasteiger charge is -2.35. The van der Waals surface area contributed by atoms with Crippen molar-refractivity contribution in [3.8, 4) is 5.75 Å². The largest absolute Gasteiger partial charge is 0.496 e. The summed E-state index contributed by atoms with van der Waals surface area (Å²) in [5.41, 5.74) is 6.37. The molecule has 1 amide bonds. The lowest BCUT2D eigenvalue weighted by molar-refractivity contribution is 0.0620. The van der Waals surface area contributed by atoms with E-state index in [0.29, 0.717) is 17.9 Å². The Bertz CT molecular complexity index is 465. The number of benzene rings is 1. The number of nitrogens with two attached hydrogens (primary N) is 1. The highest BCUT2D eigenvalue weighted by Gasteiger charge is 2.28. The number of nitrogens with zero attached hydrogens (tertiary/aromatic N) is 1. The van der Waals surface area contributed by atoms with Crippen molar-refractivity contribution in [3.63, 3.8) is 0 Å². The summed E-state index contributed by atoms with van der Waals surface area (Å²) in [7, 11) is 1.58. The van der Waals surface area contributed by atoms with Crippen molar-refractivity contribution in [1.82, 2.24) is 4.90 Å². The first kappa shape index (κ1) is 14.3. The molecule has 1 atom stereocenters. The number of ether oxygens (including phenoxy) is 1. The number of rotatable bonds is 3. The fourth-order valence-electron chi connectivity index (χ4n) is 2.51. The molecule has 1 aromatic rings. The summed E-state index contributed by atoms with van der Waals surface area (Å²) in [6.07, 6.45) is 3.17. The molecule has 104 valence electrons. The van der Waals surface area contributed by atoms with Gasteiger partial charge in [0.1, 0.15) is 5.75 Å². The molecule has 0 aromatic heterocycles. The van der Waals surface area contributed by atoms with Crippen LogP contribution in [0.4, 0.5) is 0 Å². The van der Waals surface area contributed by atoms with E-state index < -0.39 is 0 Å². The van der Waals surface area contributed by atoms with E-state index >= 15 is 0 Å². The van der Waals surface area contributed by atoms with E-state index in [9.17, 15) is 4.79 Å². The molecule has 5 heteroatoms. The minimum Gasteiger partial charge on any atom is -0.496 e. The van der Waals surface area contributed by atoms with Crippen molar-refractivity contribution >= 4 is 21.8 Å². The number of amides is 1. The van der Waals surface area contributed by atoms with Gasteiger partial charge in [-0.15, -0.1) is 0 Å². The minimum atomic E-state index is 0.0134. The summed E-state index contributed by atoms with van der Waals surface area (Å²) in [5.74, 6) is 0.611. The molecule has 2 rings (SSSR count). The van der Waals surface area contributed by atoms with Crippen LogP contribution in [0.3, 0.4) is 0 Å². The maximum Gasteiger partial charge on any atom is 0.257 e. The highest BCUT2D eigenvalue weighted by atomic mass is 79.9. The lowest BCUT2D eigenvalue weighted by Crippen LogP contribution is -2.47. The second kappa shape index (κ2) is 6.39. The summed E-state index contributed by atoms with van der Waals surface area (Å²) in [6, 6.07) is 5.62. The fourth-order valence-corrected chi connectivity index (χ4v) is 2.85. The summed E-state index contributed by atoms with van der Waals surface area (Å²) in [6.45, 7) is 1.30. The van der Waals surface area contributed by atoms with Gasteiger partial charge in [0.25, 0.3) is 5.91 Å². The maximum atomic E-state index is 12.6. The normalized spacial score (nSPS) is 19.3. The average molecular weight is 327 g/mol. The van der Waals surface area contributed by atoms with Gasteiger partial charge in [0.2, 0.25) is 0 Å². The van der Waals surface area contributed by atoms with Gasteiger partial charge in [0.05, 0.1) is 12.7 Å². The smallest absolute Gasteiger partial charge is 0.257 e. The summed E-state index contributed by atoms with van der Waals surface area (Å²) in [5, 5.41) is 0. The van der Waals surface area contributed by atoms with Crippen LogP contribution in [0.2, 0.25) is 0 Å². The van der Waals surface area contributed by atoms with Gasteiger partial charge < -0.3 is 15.4 Å². The second-order valence-electron chi connectivity index (χ2n) is 4.73. The number of hydrogen-bond donors (Lipinski definition) is 1. The van der Waals surface area contributed by atoms with Crippen LogP contribution < -0.4 is 10.5 Å². The molecule has 4 nitrogen and oxygen atoms in total. The van der Waals surface area contributed by atoms with Crippen LogP contribution in [0.25, 0.3) is 0 Å². The lowest BCUT2D eigenvalue weighted by atomic mass is 10.0. The zero-order valence-corrected chi connectivity index (χ0v) is 12.6. The molecule has 1 unspecified atom stereocenters. The Morgan fingerprint density at radius 2 is 2.32 bits per heavy atom. The van der Waals surface area contributed by atoms with Gasteiger partial charge in [-0.25, -0.2) is 0 Å². The van der Waals surface area contributed by atoms with Crippen molar-refractivity contribution in [1.29, 1.82) is 0 Å². The van der Waals surface area contributed by atoms with E-state index in [1.165, 1.54) is 0 Å². The third-order valence-electron chi connectivity index (χ3n) is 3.55. The highest BCUT2D eigenvalue weighted by molar-refractivity contribution is 9.10. The molecule has 1 heterocycles. The van der Waals surface area contributed by atoms with Gasteiger partial charge in [-0.3, -0.25) is 4.79 Å². The molecule has 0 bridgehead atoms. The highest BCUT2D eigenvalue weighted by Crippen LogP contribution is 2.27. The molecule has 0 spiro atoms. The first-order valence-corrected chi connectivity index (χ1v) is 7.31. The van der Waals surface area contributed by atoms with Crippen LogP contribution in [0, 0.1) is 0 Å². The van der Waals surface area contributed by atoms with Gasteiger partial charge >= 0.3 is 0 Å². The SMILES string of the molecule is COc1cc(Br)ccc1C(=O)N1CCCCC1CN. The van der Waals surface area contributed by atoms with Gasteiger partial charge in [-0.05, 0) is 37.5 Å². The number of piperidine rings is 1. The second-order valence-corrected chi connectivity index (χ2v) is 5.64. The molecule has 0 aliphatic carbocycles. The molecule has 1 saturated heterocycles. The summed E-state index contributed by atoms with van der Waals surface area (Å²) < 4.78 is 6.20. The molecule has 1 fully saturated rings. The summed E-state index contributed by atoms with van der Waals surface area (Å²) in [4.78, 5) is 14.5. The number of halogens is 1. The molecule has 19 heavy (non-hydrogen) atoms. The van der Waals surface area contributed by atoms with Crippen LogP contribution >= 0.6 is 15.9 Å². The van der Waals surface area contributed by atoms with Gasteiger partial charge in [0, 0.05) is 23.6 Å². The monoisotopic (exact) mass is 326 g/mol. The Labute approximate surface area is 122 Å². The van der Waals surface area contributed by atoms with Crippen molar-refractivity contribution in [3.05, 3.63) is 28.2 Å². The molecule has 0 saturated carbocycles. The average Bonchev–Trinajstić information content (AvgIpc) is 2.46. The molecule has 0 radical (unpaired) electrons. The van der Waals surface area contributed by atoms with E-state index in [2.05, 4.69) is 15.9 Å². The quantitative estimate of drug-likeness (QED) is 0.928. The van der Waals surface area contributed by atoms with E-state index in [1.54, 1.807) is 13.2 Å². The van der Waals surface area contributed by atoms with E-state index in [-0.39, 0.29) is 11.9 Å². The molecule has 2 N–H and O–H groups in total. The minimum absolute atomic E-state index is 0.0134. The van der Waals surface area contributed by atoms with Crippen LogP contribution in [0.5, 0.6) is 5.75 Å². The molecule has 1 aliphatic heterocycles. The topological polar surface area (TPSA) is 55.6 Å². The third kappa shape index (κ3) is 3.09. The first-order chi connectivity index (χ1) is 9.17. The van der Waals surface area contributed by atoms with E-state index in [0.717, 1.165) is 30.3 Å². The van der Waals surface area contributed by atoms with Crippen LogP contribution in [-0.2, 0) is 0 Å². The Morgan fingerprint density at radius 1 is 1.53 bits per heavy atom. The van der Waals surface area contributed by atoms with Crippen LogP contribution in [-0.4, -0.2) is 37.0 Å². The predicted molar refractivity (Wildman–Crippen MR) is 78.4 cm³/mol. The summed E-state index contributed by atoms with van der Waals surface area (Å²) >= 11 is 3.38. The van der Waals surface area contributed by atoms with Crippen molar-refractivity contribution in [2.45, 2.75) is 25.3 Å². The van der Waals surface area contributed by atoms with E-state index in [1.807, 2.05) is 17.0 Å². The van der Waals surface area contributed by atoms with Gasteiger partial charge in [-0.1, -0.05) is 15.9 Å². The molecular formula is C14H19BrN2O2. The maximum absolute atomic E-state index is 12.6. The third-order valence-corrected chi connectivity index (χ3v) is 4.05. The van der Waals surface area contributed by atoms with Crippen molar-refractivity contribution in [2.24, 2.45) is 5.73 Å². The fraction of sp³-hybridized carbons (Fsp3) is 0.500. The Morgan fingerprint density at radius 3 is 3.00 bits per heavy atom. The zero-order chi connectivity index (χ0) is 13.8. The number of carbonyl (C=O) groups is 1. The zero-order valence-electron chi connectivity index (χ0n) is 11.1. The van der Waals surface area contributed by atoms with Gasteiger partial charge in [-0.2, -0.15) is 0 Å². The number of likely N-dealkylation sites (tertiary alicyclic amines) is 1. The van der Waals surface area contributed by atoms with Crippen molar-refractivity contribution < 1.29 is 9.53 Å². The molecule has 1 aliphatic rings.